The highest BCUT2D eigenvalue weighted by atomic mass is 19.4. The van der Waals surface area contributed by atoms with Gasteiger partial charge in [0.05, 0.1) is 36.4 Å². The van der Waals surface area contributed by atoms with Crippen molar-refractivity contribution < 1.29 is 50.4 Å². The van der Waals surface area contributed by atoms with Gasteiger partial charge < -0.3 is 19.7 Å². The highest BCUT2D eigenvalue weighted by Gasteiger charge is 2.39. The molecule has 1 aliphatic rings. The summed E-state index contributed by atoms with van der Waals surface area (Å²) in [5, 5.41) is 17.9. The predicted molar refractivity (Wildman–Crippen MR) is 112 cm³/mol. The molecule has 0 radical (unpaired) electrons. The third-order valence-corrected chi connectivity index (χ3v) is 5.45. The predicted octanol–water partition coefficient (Wildman–Crippen LogP) is 4.65. The molecule has 0 spiro atoms. The van der Waals surface area contributed by atoms with Crippen molar-refractivity contribution in [3.63, 3.8) is 0 Å². The van der Waals surface area contributed by atoms with Gasteiger partial charge in [-0.15, -0.1) is 0 Å². The summed E-state index contributed by atoms with van der Waals surface area (Å²) in [6.07, 6.45) is -14.3. The summed E-state index contributed by atoms with van der Waals surface area (Å²) in [6, 6.07) is 5.64. The number of morpholine rings is 1. The highest BCUT2D eigenvalue weighted by molar-refractivity contribution is 5.34. The zero-order chi connectivity index (χ0) is 26.7. The average Bonchev–Trinajstić information content (AvgIpc) is 2.78. The van der Waals surface area contributed by atoms with Gasteiger partial charge in [0.1, 0.15) is 5.82 Å². The summed E-state index contributed by atoms with van der Waals surface area (Å²) < 4.78 is 105. The van der Waals surface area contributed by atoms with Crippen molar-refractivity contribution in [1.82, 2.24) is 4.90 Å². The Bertz CT molecular complexity index is 1060. The van der Waals surface area contributed by atoms with Gasteiger partial charge in [0.25, 0.3) is 0 Å². The quantitative estimate of drug-likeness (QED) is 0.341. The Morgan fingerprint density at radius 3 is 2.14 bits per heavy atom. The Kier molecular flexibility index (Phi) is 8.63. The van der Waals surface area contributed by atoms with Crippen LogP contribution in [0.3, 0.4) is 0 Å². The minimum absolute atomic E-state index is 0.000948. The van der Waals surface area contributed by atoms with Crippen LogP contribution in [0.2, 0.25) is 0 Å². The third kappa shape index (κ3) is 7.18. The van der Waals surface area contributed by atoms with Crippen molar-refractivity contribution in [2.75, 3.05) is 19.7 Å². The number of benzene rings is 2. The second-order valence-electron chi connectivity index (χ2n) is 8.02. The van der Waals surface area contributed by atoms with Gasteiger partial charge in [-0.05, 0) is 54.3 Å². The van der Waals surface area contributed by atoms with Crippen LogP contribution in [0.15, 0.2) is 42.5 Å². The molecule has 3 rings (SSSR count). The fourth-order valence-corrected chi connectivity index (χ4v) is 3.74. The standard InChI is InChI=1S/C24H22F7NO4/c1-14(16-11-17(23(26,27)28)13-18(12-16)24(29,30)31)36-22-21(15-4-6-19(25)7-5-15)32(9-10-35-22)8-2-3-20(33)34/h4-7,11-14,20-22,33-34H,8-10H2,1H3/t14-,21+,22-/m1/s1. The van der Waals surface area contributed by atoms with Gasteiger partial charge in [-0.3, -0.25) is 4.90 Å². The summed E-state index contributed by atoms with van der Waals surface area (Å²) in [5.74, 6) is 4.19. The topological polar surface area (TPSA) is 62.2 Å². The molecule has 0 aliphatic carbocycles. The van der Waals surface area contributed by atoms with E-state index in [-0.39, 0.29) is 31.3 Å². The summed E-state index contributed by atoms with van der Waals surface area (Å²) >= 11 is 0. The summed E-state index contributed by atoms with van der Waals surface area (Å²) in [5.41, 5.74) is -2.82. The summed E-state index contributed by atoms with van der Waals surface area (Å²) in [7, 11) is 0. The van der Waals surface area contributed by atoms with Gasteiger partial charge in [-0.25, -0.2) is 4.39 Å². The molecule has 0 unspecified atom stereocenters. The normalized spacial score (nSPS) is 20.2. The molecular weight excluding hydrogens is 499 g/mol. The van der Waals surface area contributed by atoms with Gasteiger partial charge in [-0.2, -0.15) is 26.3 Å². The van der Waals surface area contributed by atoms with E-state index >= 15 is 0 Å². The van der Waals surface area contributed by atoms with Crippen molar-refractivity contribution in [3.05, 3.63) is 70.5 Å². The van der Waals surface area contributed by atoms with Gasteiger partial charge in [0, 0.05) is 6.54 Å². The number of hydrogen-bond acceptors (Lipinski definition) is 5. The average molecular weight is 521 g/mol. The van der Waals surface area contributed by atoms with Crippen molar-refractivity contribution in [2.24, 2.45) is 0 Å². The number of nitrogens with zero attached hydrogens (tertiary/aromatic N) is 1. The first-order valence-electron chi connectivity index (χ1n) is 10.7. The first-order valence-corrected chi connectivity index (χ1v) is 10.7. The van der Waals surface area contributed by atoms with Crippen LogP contribution in [-0.4, -0.2) is 47.4 Å². The second-order valence-corrected chi connectivity index (χ2v) is 8.02. The minimum Gasteiger partial charge on any atom is -0.358 e. The minimum atomic E-state index is -5.01. The lowest BCUT2D eigenvalue weighted by Crippen LogP contribution is -2.46. The van der Waals surface area contributed by atoms with E-state index in [1.807, 2.05) is 0 Å². The second kappa shape index (κ2) is 11.1. The van der Waals surface area contributed by atoms with E-state index in [4.69, 9.17) is 19.7 Å². The van der Waals surface area contributed by atoms with E-state index in [1.165, 1.54) is 31.2 Å². The Hall–Kier alpha value is -2.69. The molecule has 196 valence electrons. The number of aliphatic hydroxyl groups excluding tert-OH is 1. The van der Waals surface area contributed by atoms with Crippen LogP contribution in [0.1, 0.15) is 41.3 Å². The number of alkyl halides is 6. The first-order chi connectivity index (χ1) is 16.8. The van der Waals surface area contributed by atoms with Gasteiger partial charge in [0.2, 0.25) is 6.29 Å². The SMILES string of the molecule is C[C@@H](O[C@H]1OCCN(CC#CC(O)O)[C@H]1c1ccc(F)cc1)c1cc(C(F)(F)F)cc(C(F)(F)F)c1. The van der Waals surface area contributed by atoms with E-state index in [2.05, 4.69) is 11.8 Å². The van der Waals surface area contributed by atoms with E-state index in [9.17, 15) is 30.7 Å². The molecule has 5 nitrogen and oxygen atoms in total. The Labute approximate surface area is 202 Å². The van der Waals surface area contributed by atoms with Crippen LogP contribution in [0.5, 0.6) is 0 Å². The van der Waals surface area contributed by atoms with Crippen LogP contribution in [0.25, 0.3) is 0 Å². The molecule has 0 saturated carbocycles. The number of halogens is 7. The monoisotopic (exact) mass is 521 g/mol. The summed E-state index contributed by atoms with van der Waals surface area (Å²) in [4.78, 5) is 1.71. The van der Waals surface area contributed by atoms with Crippen molar-refractivity contribution in [3.8, 4) is 11.8 Å². The maximum atomic E-state index is 13.5. The smallest absolute Gasteiger partial charge is 0.358 e. The maximum absolute atomic E-state index is 13.5. The zero-order valence-electron chi connectivity index (χ0n) is 18.8. The lowest BCUT2D eigenvalue weighted by molar-refractivity contribution is -0.228. The van der Waals surface area contributed by atoms with Crippen LogP contribution >= 0.6 is 0 Å². The Morgan fingerprint density at radius 1 is 1.03 bits per heavy atom. The lowest BCUT2D eigenvalue weighted by Gasteiger charge is -2.41. The van der Waals surface area contributed by atoms with Crippen LogP contribution in [-0.2, 0) is 21.8 Å². The van der Waals surface area contributed by atoms with E-state index in [0.717, 1.165) is 0 Å². The molecule has 12 heteroatoms. The fraction of sp³-hybridized carbons (Fsp3) is 0.417. The van der Waals surface area contributed by atoms with Crippen LogP contribution in [0, 0.1) is 17.7 Å². The molecule has 36 heavy (non-hydrogen) atoms. The zero-order valence-corrected chi connectivity index (χ0v) is 18.8. The molecule has 2 aromatic carbocycles. The first kappa shape index (κ1) is 27.9. The molecular formula is C24H22F7NO4. The molecule has 0 amide bonds. The fourth-order valence-electron chi connectivity index (χ4n) is 3.74. The molecule has 0 bridgehead atoms. The molecule has 3 atom stereocenters. The highest BCUT2D eigenvalue weighted by Crippen LogP contribution is 2.39. The lowest BCUT2D eigenvalue weighted by atomic mass is 10.0. The maximum Gasteiger partial charge on any atom is 0.416 e. The number of ether oxygens (including phenoxy) is 2. The third-order valence-electron chi connectivity index (χ3n) is 5.45. The molecule has 0 aromatic heterocycles. The number of hydrogen-bond donors (Lipinski definition) is 2. The van der Waals surface area contributed by atoms with Crippen molar-refractivity contribution in [2.45, 2.75) is 44.0 Å². The van der Waals surface area contributed by atoms with E-state index in [0.29, 0.717) is 17.7 Å². The summed E-state index contributed by atoms with van der Waals surface area (Å²) in [6.45, 7) is 1.66. The number of aliphatic hydroxyl groups is 2. The Balaban J connectivity index is 1.94. The molecule has 1 saturated heterocycles. The van der Waals surface area contributed by atoms with Gasteiger partial charge >= 0.3 is 12.4 Å². The van der Waals surface area contributed by atoms with Gasteiger partial charge in [-0.1, -0.05) is 18.1 Å². The van der Waals surface area contributed by atoms with E-state index in [1.54, 1.807) is 4.90 Å². The van der Waals surface area contributed by atoms with Gasteiger partial charge in [0.15, 0.2) is 6.29 Å². The molecule has 2 N–H and O–H groups in total. The molecule has 2 aromatic rings. The van der Waals surface area contributed by atoms with Crippen LogP contribution < -0.4 is 0 Å². The van der Waals surface area contributed by atoms with E-state index < -0.39 is 54.0 Å². The number of rotatable bonds is 5. The van der Waals surface area contributed by atoms with Crippen molar-refractivity contribution in [1.29, 1.82) is 0 Å². The molecule has 1 aliphatic heterocycles. The molecule has 1 fully saturated rings. The Morgan fingerprint density at radius 2 is 1.61 bits per heavy atom. The largest absolute Gasteiger partial charge is 0.416 e. The van der Waals surface area contributed by atoms with Crippen molar-refractivity contribution >= 4 is 0 Å². The van der Waals surface area contributed by atoms with Crippen LogP contribution in [0.4, 0.5) is 30.7 Å². The molecule has 1 heterocycles.